The number of carboxylic acids is 1. The minimum absolute atomic E-state index is 0.0933. The van der Waals surface area contributed by atoms with Crippen LogP contribution in [0.2, 0.25) is 0 Å². The van der Waals surface area contributed by atoms with E-state index in [2.05, 4.69) is 11.9 Å². The molecule has 1 aromatic carbocycles. The number of rotatable bonds is 3. The molecule has 0 aliphatic heterocycles. The van der Waals surface area contributed by atoms with Crippen LogP contribution in [-0.4, -0.2) is 16.1 Å². The maximum absolute atomic E-state index is 11.5. The summed E-state index contributed by atoms with van der Waals surface area (Å²) in [7, 11) is 0. The van der Waals surface area contributed by atoms with E-state index in [0.29, 0.717) is 11.8 Å². The highest BCUT2D eigenvalue weighted by atomic mass is 16.4. The molecule has 4 heteroatoms. The van der Waals surface area contributed by atoms with Gasteiger partial charge in [0.15, 0.2) is 11.5 Å². The third-order valence-electron chi connectivity index (χ3n) is 4.50. The Morgan fingerprint density at radius 2 is 2.25 bits per heavy atom. The van der Waals surface area contributed by atoms with Gasteiger partial charge in [0.25, 0.3) is 0 Å². The summed E-state index contributed by atoms with van der Waals surface area (Å²) in [4.78, 5) is 16.0. The molecular weight excluding hydrogens is 254 g/mol. The third kappa shape index (κ3) is 2.09. The molecule has 1 aromatic heterocycles. The van der Waals surface area contributed by atoms with Crippen LogP contribution in [0.4, 0.5) is 0 Å². The van der Waals surface area contributed by atoms with Gasteiger partial charge < -0.3 is 9.52 Å². The molecule has 0 bridgehead atoms. The van der Waals surface area contributed by atoms with Gasteiger partial charge in [-0.15, -0.1) is 0 Å². The smallest absolute Gasteiger partial charge is 0.307 e. The second-order valence-electron chi connectivity index (χ2n) is 5.77. The lowest BCUT2D eigenvalue weighted by Gasteiger charge is -2.10. The number of carboxylic acid groups (broad SMARTS) is 1. The second kappa shape index (κ2) is 4.93. The lowest BCUT2D eigenvalue weighted by Crippen LogP contribution is -2.17. The molecule has 3 unspecified atom stereocenters. The van der Waals surface area contributed by atoms with Crippen LogP contribution < -0.4 is 0 Å². The fourth-order valence-electron chi connectivity index (χ4n) is 3.28. The van der Waals surface area contributed by atoms with Crippen LogP contribution in [0.25, 0.3) is 11.1 Å². The van der Waals surface area contributed by atoms with Crippen molar-refractivity contribution >= 4 is 17.1 Å². The number of carbonyl (C=O) groups is 1. The lowest BCUT2D eigenvalue weighted by molar-refractivity contribution is -0.142. The van der Waals surface area contributed by atoms with Crippen molar-refractivity contribution in [1.82, 2.24) is 4.98 Å². The van der Waals surface area contributed by atoms with Crippen LogP contribution in [-0.2, 0) is 4.79 Å². The van der Waals surface area contributed by atoms with Crippen LogP contribution in [0.5, 0.6) is 0 Å². The fraction of sp³-hybridized carbons (Fsp3) is 0.500. The first-order valence-electron chi connectivity index (χ1n) is 7.19. The number of aryl methyl sites for hydroxylation is 1. The highest BCUT2D eigenvalue weighted by Crippen LogP contribution is 2.44. The number of aromatic nitrogens is 1. The molecule has 4 nitrogen and oxygen atoms in total. The Balaban J connectivity index is 2.00. The summed E-state index contributed by atoms with van der Waals surface area (Å²) in [5.74, 6) is -0.141. The fourth-order valence-corrected chi connectivity index (χ4v) is 3.28. The van der Waals surface area contributed by atoms with Crippen LogP contribution in [0.15, 0.2) is 22.6 Å². The average Bonchev–Trinajstić information content (AvgIpc) is 3.02. The maximum Gasteiger partial charge on any atom is 0.307 e. The first-order chi connectivity index (χ1) is 9.60. The summed E-state index contributed by atoms with van der Waals surface area (Å²) in [5, 5.41) is 9.42. The van der Waals surface area contributed by atoms with E-state index >= 15 is 0 Å². The monoisotopic (exact) mass is 273 g/mol. The van der Waals surface area contributed by atoms with E-state index in [0.717, 1.165) is 35.9 Å². The number of para-hydroxylation sites is 1. The molecular formula is C16H19NO3. The van der Waals surface area contributed by atoms with E-state index in [9.17, 15) is 9.90 Å². The van der Waals surface area contributed by atoms with Gasteiger partial charge in [-0.2, -0.15) is 0 Å². The van der Waals surface area contributed by atoms with Gasteiger partial charge >= 0.3 is 5.97 Å². The zero-order chi connectivity index (χ0) is 14.3. The van der Waals surface area contributed by atoms with E-state index < -0.39 is 5.97 Å². The normalized spacial score (nSPS) is 26.2. The average molecular weight is 273 g/mol. The molecule has 2 aromatic rings. The van der Waals surface area contributed by atoms with Gasteiger partial charge in [-0.3, -0.25) is 4.79 Å². The molecule has 3 atom stereocenters. The van der Waals surface area contributed by atoms with Crippen LogP contribution in [0, 0.1) is 18.8 Å². The Bertz CT molecular complexity index is 646. The minimum atomic E-state index is -0.732. The van der Waals surface area contributed by atoms with Gasteiger partial charge in [-0.1, -0.05) is 25.5 Å². The number of fused-ring (bicyclic) bond motifs is 1. The van der Waals surface area contributed by atoms with Crippen molar-refractivity contribution in [2.45, 2.75) is 39.0 Å². The molecule has 0 amide bonds. The van der Waals surface area contributed by atoms with Crippen molar-refractivity contribution in [2.75, 3.05) is 0 Å². The molecule has 0 spiro atoms. The van der Waals surface area contributed by atoms with Crippen molar-refractivity contribution in [3.8, 4) is 0 Å². The number of oxazole rings is 1. The molecule has 0 saturated heterocycles. The standard InChI is InChI=1S/C16H19NO3/c1-3-10-7-11(12(8-10)16(18)19)15-17-13-6-4-5-9(2)14(13)20-15/h4-6,10-12H,3,7-8H2,1-2H3,(H,18,19). The van der Waals surface area contributed by atoms with Crippen molar-refractivity contribution in [1.29, 1.82) is 0 Å². The summed E-state index contributed by atoms with van der Waals surface area (Å²) in [6.07, 6.45) is 2.60. The predicted octanol–water partition coefficient (Wildman–Crippen LogP) is 3.74. The number of hydrogen-bond acceptors (Lipinski definition) is 3. The van der Waals surface area contributed by atoms with Gasteiger partial charge in [-0.25, -0.2) is 4.98 Å². The van der Waals surface area contributed by atoms with Crippen molar-refractivity contribution in [3.05, 3.63) is 29.7 Å². The van der Waals surface area contributed by atoms with E-state index in [4.69, 9.17) is 4.42 Å². The predicted molar refractivity (Wildman–Crippen MR) is 75.6 cm³/mol. The molecule has 3 rings (SSSR count). The summed E-state index contributed by atoms with van der Waals surface area (Å²) < 4.78 is 5.88. The molecule has 1 fully saturated rings. The Kier molecular flexibility index (Phi) is 3.24. The number of hydrogen-bond donors (Lipinski definition) is 1. The zero-order valence-electron chi connectivity index (χ0n) is 11.8. The Hall–Kier alpha value is -1.84. The van der Waals surface area contributed by atoms with Crippen LogP contribution in [0.1, 0.15) is 43.6 Å². The summed E-state index contributed by atoms with van der Waals surface area (Å²) in [5.41, 5.74) is 2.65. The zero-order valence-corrected chi connectivity index (χ0v) is 11.8. The third-order valence-corrected chi connectivity index (χ3v) is 4.50. The topological polar surface area (TPSA) is 63.3 Å². The van der Waals surface area contributed by atoms with Gasteiger partial charge in [0.05, 0.1) is 5.92 Å². The summed E-state index contributed by atoms with van der Waals surface area (Å²) >= 11 is 0. The molecule has 1 N–H and O–H groups in total. The van der Waals surface area contributed by atoms with Crippen molar-refractivity contribution < 1.29 is 14.3 Å². The molecule has 0 radical (unpaired) electrons. The SMILES string of the molecule is CCC1CC(C(=O)O)C(c2nc3cccc(C)c3o2)C1. The molecule has 1 aliphatic rings. The van der Waals surface area contributed by atoms with Gasteiger partial charge in [0.1, 0.15) is 5.52 Å². The first kappa shape index (κ1) is 13.2. The second-order valence-corrected chi connectivity index (χ2v) is 5.77. The molecule has 1 heterocycles. The Morgan fingerprint density at radius 1 is 1.45 bits per heavy atom. The van der Waals surface area contributed by atoms with Crippen molar-refractivity contribution in [2.24, 2.45) is 11.8 Å². The van der Waals surface area contributed by atoms with E-state index in [1.54, 1.807) is 0 Å². The van der Waals surface area contributed by atoms with Crippen molar-refractivity contribution in [3.63, 3.8) is 0 Å². The van der Waals surface area contributed by atoms with Crippen LogP contribution >= 0.6 is 0 Å². The molecule has 20 heavy (non-hydrogen) atoms. The Morgan fingerprint density at radius 3 is 2.90 bits per heavy atom. The molecule has 1 aliphatic carbocycles. The maximum atomic E-state index is 11.5. The quantitative estimate of drug-likeness (QED) is 0.925. The number of aliphatic carboxylic acids is 1. The van der Waals surface area contributed by atoms with Crippen LogP contribution in [0.3, 0.4) is 0 Å². The summed E-state index contributed by atoms with van der Waals surface area (Å²) in [6.45, 7) is 4.09. The van der Waals surface area contributed by atoms with Gasteiger partial charge in [0.2, 0.25) is 0 Å². The molecule has 1 saturated carbocycles. The van der Waals surface area contributed by atoms with Gasteiger partial charge in [0, 0.05) is 5.92 Å². The minimum Gasteiger partial charge on any atom is -0.481 e. The number of nitrogens with zero attached hydrogens (tertiary/aromatic N) is 1. The largest absolute Gasteiger partial charge is 0.481 e. The molecule has 106 valence electrons. The number of benzene rings is 1. The summed E-state index contributed by atoms with van der Waals surface area (Å²) in [6, 6.07) is 5.84. The van der Waals surface area contributed by atoms with E-state index in [1.165, 1.54) is 0 Å². The van der Waals surface area contributed by atoms with E-state index in [-0.39, 0.29) is 11.8 Å². The highest BCUT2D eigenvalue weighted by Gasteiger charge is 2.41. The van der Waals surface area contributed by atoms with Gasteiger partial charge in [-0.05, 0) is 37.3 Å². The highest BCUT2D eigenvalue weighted by molar-refractivity contribution is 5.76. The lowest BCUT2D eigenvalue weighted by atomic mass is 9.96. The Labute approximate surface area is 117 Å². The first-order valence-corrected chi connectivity index (χ1v) is 7.19. The van der Waals surface area contributed by atoms with E-state index in [1.807, 2.05) is 25.1 Å².